The minimum atomic E-state index is -0.513. The Bertz CT molecular complexity index is 816. The van der Waals surface area contributed by atoms with Gasteiger partial charge in [-0.25, -0.2) is 4.79 Å². The maximum atomic E-state index is 12.5. The summed E-state index contributed by atoms with van der Waals surface area (Å²) in [5.41, 5.74) is 1.49. The van der Waals surface area contributed by atoms with E-state index in [-0.39, 0.29) is 23.6 Å². The Hall–Kier alpha value is -2.96. The number of carbonyl (C=O) groups is 2. The van der Waals surface area contributed by atoms with Gasteiger partial charge in [0.2, 0.25) is 0 Å². The van der Waals surface area contributed by atoms with Crippen LogP contribution in [0.5, 0.6) is 5.75 Å². The van der Waals surface area contributed by atoms with Crippen molar-refractivity contribution >= 4 is 11.9 Å². The molecule has 7 nitrogen and oxygen atoms in total. The fourth-order valence-electron chi connectivity index (χ4n) is 3.16. The van der Waals surface area contributed by atoms with Crippen LogP contribution in [0.15, 0.2) is 36.8 Å². The van der Waals surface area contributed by atoms with E-state index in [1.807, 2.05) is 19.1 Å². The number of pyridine rings is 2. The molecule has 3 rings (SSSR count). The third-order valence-electron chi connectivity index (χ3n) is 4.68. The van der Waals surface area contributed by atoms with Crippen LogP contribution in [0.1, 0.15) is 52.1 Å². The molecule has 1 N–H and O–H groups in total. The molecule has 1 amide bonds. The fourth-order valence-corrected chi connectivity index (χ4v) is 3.16. The summed E-state index contributed by atoms with van der Waals surface area (Å²) in [6, 6.07) is 5.37. The highest BCUT2D eigenvalue weighted by molar-refractivity contribution is 5.97. The van der Waals surface area contributed by atoms with Crippen LogP contribution < -0.4 is 10.1 Å². The van der Waals surface area contributed by atoms with Crippen LogP contribution in [0.4, 0.5) is 0 Å². The average molecular weight is 369 g/mol. The van der Waals surface area contributed by atoms with Gasteiger partial charge in [-0.05, 0) is 50.8 Å². The molecule has 142 valence electrons. The summed E-state index contributed by atoms with van der Waals surface area (Å²) in [5, 5.41) is 3.02. The number of esters is 1. The van der Waals surface area contributed by atoms with Crippen LogP contribution >= 0.6 is 0 Å². The molecule has 0 aliphatic heterocycles. The van der Waals surface area contributed by atoms with Crippen molar-refractivity contribution in [2.75, 3.05) is 7.11 Å². The Morgan fingerprint density at radius 3 is 2.59 bits per heavy atom. The highest BCUT2D eigenvalue weighted by Crippen LogP contribution is 2.25. The van der Waals surface area contributed by atoms with Crippen LogP contribution in [0.3, 0.4) is 0 Å². The van der Waals surface area contributed by atoms with Crippen molar-refractivity contribution in [3.05, 3.63) is 53.6 Å². The van der Waals surface area contributed by atoms with E-state index in [4.69, 9.17) is 4.74 Å². The maximum Gasteiger partial charge on any atom is 0.339 e. The second kappa shape index (κ2) is 8.62. The number of hydrogen-bond donors (Lipinski definition) is 1. The third kappa shape index (κ3) is 4.81. The van der Waals surface area contributed by atoms with Crippen molar-refractivity contribution < 1.29 is 19.1 Å². The fraction of sp³-hybridized carbons (Fsp3) is 0.400. The van der Waals surface area contributed by atoms with Gasteiger partial charge in [0.25, 0.3) is 5.91 Å². The first-order valence-corrected chi connectivity index (χ1v) is 8.99. The molecule has 0 spiro atoms. The molecule has 2 heterocycles. The molecule has 0 saturated heterocycles. The Labute approximate surface area is 158 Å². The van der Waals surface area contributed by atoms with E-state index in [9.17, 15) is 9.59 Å². The van der Waals surface area contributed by atoms with Gasteiger partial charge in [-0.15, -0.1) is 0 Å². The van der Waals surface area contributed by atoms with Gasteiger partial charge >= 0.3 is 5.97 Å². The molecule has 0 atom stereocenters. The van der Waals surface area contributed by atoms with Crippen LogP contribution in [0, 0.1) is 6.92 Å². The lowest BCUT2D eigenvalue weighted by molar-refractivity contribution is 0.0600. The summed E-state index contributed by atoms with van der Waals surface area (Å²) in [6.07, 6.45) is 8.09. The Morgan fingerprint density at radius 1 is 1.15 bits per heavy atom. The first-order valence-electron chi connectivity index (χ1n) is 8.99. The Morgan fingerprint density at radius 2 is 1.89 bits per heavy atom. The second-order valence-electron chi connectivity index (χ2n) is 6.61. The summed E-state index contributed by atoms with van der Waals surface area (Å²) in [7, 11) is 1.29. The minimum absolute atomic E-state index is 0.0779. The molecule has 1 saturated carbocycles. The normalized spacial score (nSPS) is 19.2. The molecule has 1 aliphatic carbocycles. The number of methoxy groups -OCH3 is 1. The second-order valence-corrected chi connectivity index (χ2v) is 6.61. The predicted octanol–water partition coefficient (Wildman–Crippen LogP) is 2.69. The van der Waals surface area contributed by atoms with Gasteiger partial charge in [0, 0.05) is 24.6 Å². The number of hydrogen-bond acceptors (Lipinski definition) is 6. The zero-order valence-corrected chi connectivity index (χ0v) is 15.5. The quantitative estimate of drug-likeness (QED) is 0.815. The lowest BCUT2D eigenvalue weighted by Crippen LogP contribution is -2.39. The molecule has 0 bridgehead atoms. The summed E-state index contributed by atoms with van der Waals surface area (Å²) >= 11 is 0. The van der Waals surface area contributed by atoms with Crippen molar-refractivity contribution in [1.82, 2.24) is 15.3 Å². The maximum absolute atomic E-state index is 12.5. The van der Waals surface area contributed by atoms with Gasteiger partial charge < -0.3 is 14.8 Å². The minimum Gasteiger partial charge on any atom is -0.489 e. The molecule has 1 fully saturated rings. The van der Waals surface area contributed by atoms with Gasteiger partial charge in [0.1, 0.15) is 5.75 Å². The van der Waals surface area contributed by atoms with E-state index in [0.717, 1.165) is 37.1 Å². The van der Waals surface area contributed by atoms with Gasteiger partial charge in [-0.2, -0.15) is 0 Å². The number of ether oxygens (including phenoxy) is 2. The molecule has 0 aromatic carbocycles. The topological polar surface area (TPSA) is 90.4 Å². The van der Waals surface area contributed by atoms with Gasteiger partial charge in [-0.3, -0.25) is 14.8 Å². The standard InChI is InChI=1S/C20H23N3O4/c1-13-18(4-3-9-22-13)27-17-7-5-16(6-8-17)23-19(24)14-10-15(12-21-11-14)20(25)26-2/h3-4,9-12,16-17H,5-8H2,1-2H3,(H,23,24). The summed E-state index contributed by atoms with van der Waals surface area (Å²) in [5.74, 6) is 0.0666. The largest absolute Gasteiger partial charge is 0.489 e. The lowest BCUT2D eigenvalue weighted by Gasteiger charge is -2.29. The third-order valence-corrected chi connectivity index (χ3v) is 4.68. The summed E-state index contributed by atoms with van der Waals surface area (Å²) in [4.78, 5) is 32.2. The summed E-state index contributed by atoms with van der Waals surface area (Å²) in [6.45, 7) is 1.93. The molecular formula is C20H23N3O4. The van der Waals surface area contributed by atoms with E-state index in [1.165, 1.54) is 25.6 Å². The van der Waals surface area contributed by atoms with Crippen molar-refractivity contribution in [3.63, 3.8) is 0 Å². The monoisotopic (exact) mass is 369 g/mol. The van der Waals surface area contributed by atoms with Crippen molar-refractivity contribution in [2.45, 2.75) is 44.8 Å². The van der Waals surface area contributed by atoms with Crippen LogP contribution in [-0.2, 0) is 4.74 Å². The predicted molar refractivity (Wildman–Crippen MR) is 98.7 cm³/mol. The number of carbonyl (C=O) groups excluding carboxylic acids is 2. The number of aryl methyl sites for hydroxylation is 1. The molecule has 1 aliphatic rings. The van der Waals surface area contributed by atoms with Crippen LogP contribution in [0.25, 0.3) is 0 Å². The van der Waals surface area contributed by atoms with E-state index in [1.54, 1.807) is 6.20 Å². The van der Waals surface area contributed by atoms with E-state index in [2.05, 4.69) is 20.0 Å². The van der Waals surface area contributed by atoms with Gasteiger partial charge in [0.05, 0.1) is 30.0 Å². The molecule has 7 heteroatoms. The van der Waals surface area contributed by atoms with Gasteiger partial charge in [-0.1, -0.05) is 0 Å². The Balaban J connectivity index is 1.52. The van der Waals surface area contributed by atoms with Crippen LogP contribution in [0.2, 0.25) is 0 Å². The molecule has 0 radical (unpaired) electrons. The smallest absolute Gasteiger partial charge is 0.339 e. The molecule has 2 aromatic heterocycles. The number of nitrogens with zero attached hydrogens (tertiary/aromatic N) is 2. The molecule has 27 heavy (non-hydrogen) atoms. The van der Waals surface area contributed by atoms with Gasteiger partial charge in [0.15, 0.2) is 0 Å². The first-order chi connectivity index (χ1) is 13.1. The van der Waals surface area contributed by atoms with E-state index >= 15 is 0 Å². The highest BCUT2D eigenvalue weighted by Gasteiger charge is 2.24. The number of aromatic nitrogens is 2. The molecule has 0 unspecified atom stereocenters. The zero-order chi connectivity index (χ0) is 19.2. The number of nitrogens with one attached hydrogen (secondary N) is 1. The van der Waals surface area contributed by atoms with Crippen LogP contribution in [-0.4, -0.2) is 41.1 Å². The number of rotatable bonds is 5. The molecule has 2 aromatic rings. The van der Waals surface area contributed by atoms with E-state index in [0.29, 0.717) is 5.56 Å². The Kier molecular flexibility index (Phi) is 6.01. The first kappa shape index (κ1) is 18.8. The number of amides is 1. The summed E-state index contributed by atoms with van der Waals surface area (Å²) < 4.78 is 10.7. The SMILES string of the molecule is COC(=O)c1cncc(C(=O)NC2CCC(Oc3cccnc3C)CC2)c1. The zero-order valence-electron chi connectivity index (χ0n) is 15.5. The van der Waals surface area contributed by atoms with Crippen molar-refractivity contribution in [2.24, 2.45) is 0 Å². The highest BCUT2D eigenvalue weighted by atomic mass is 16.5. The lowest BCUT2D eigenvalue weighted by atomic mass is 9.92. The van der Waals surface area contributed by atoms with Crippen molar-refractivity contribution in [1.29, 1.82) is 0 Å². The van der Waals surface area contributed by atoms with E-state index < -0.39 is 5.97 Å². The molecular weight excluding hydrogens is 346 g/mol. The van der Waals surface area contributed by atoms with Crippen molar-refractivity contribution in [3.8, 4) is 5.75 Å². The average Bonchev–Trinajstić information content (AvgIpc) is 2.70.